The maximum atomic E-state index is 12.1. The SMILES string of the molecule is CCN(CC)C(=O)NCCC(c1ccc2c(c1)OCCO2)C1CC1. The van der Waals surface area contributed by atoms with Crippen molar-refractivity contribution in [3.8, 4) is 11.5 Å². The van der Waals surface area contributed by atoms with Crippen molar-refractivity contribution in [1.82, 2.24) is 10.2 Å². The van der Waals surface area contributed by atoms with Gasteiger partial charge < -0.3 is 19.7 Å². The first kappa shape index (κ1) is 16.9. The second-order valence-electron chi connectivity index (χ2n) is 6.54. The van der Waals surface area contributed by atoms with Gasteiger partial charge in [0.15, 0.2) is 11.5 Å². The lowest BCUT2D eigenvalue weighted by Crippen LogP contribution is -2.40. The number of hydrogen-bond acceptors (Lipinski definition) is 3. The summed E-state index contributed by atoms with van der Waals surface area (Å²) in [5.41, 5.74) is 1.30. The first-order valence-electron chi connectivity index (χ1n) is 9.15. The van der Waals surface area contributed by atoms with Gasteiger partial charge in [-0.15, -0.1) is 0 Å². The molecule has 1 N–H and O–H groups in total. The molecule has 2 amide bonds. The molecular formula is C19H28N2O3. The van der Waals surface area contributed by atoms with Crippen LogP contribution in [0, 0.1) is 5.92 Å². The van der Waals surface area contributed by atoms with Gasteiger partial charge in [0.05, 0.1) is 0 Å². The molecule has 1 unspecified atom stereocenters. The molecule has 1 fully saturated rings. The minimum Gasteiger partial charge on any atom is -0.486 e. The highest BCUT2D eigenvalue weighted by Crippen LogP contribution is 2.46. The molecule has 5 heteroatoms. The van der Waals surface area contributed by atoms with Crippen LogP contribution in [0.2, 0.25) is 0 Å². The Labute approximate surface area is 144 Å². The summed E-state index contributed by atoms with van der Waals surface area (Å²) >= 11 is 0. The maximum absolute atomic E-state index is 12.1. The van der Waals surface area contributed by atoms with E-state index in [2.05, 4.69) is 17.4 Å². The van der Waals surface area contributed by atoms with Crippen molar-refractivity contribution in [2.24, 2.45) is 5.92 Å². The van der Waals surface area contributed by atoms with Gasteiger partial charge in [-0.3, -0.25) is 0 Å². The number of benzene rings is 1. The van der Waals surface area contributed by atoms with Crippen LogP contribution in [0.3, 0.4) is 0 Å². The summed E-state index contributed by atoms with van der Waals surface area (Å²) in [6.45, 7) is 7.45. The van der Waals surface area contributed by atoms with Gasteiger partial charge in [-0.1, -0.05) is 6.07 Å². The fraction of sp³-hybridized carbons (Fsp3) is 0.632. The molecule has 2 aliphatic rings. The number of amides is 2. The fourth-order valence-corrected chi connectivity index (χ4v) is 3.42. The van der Waals surface area contributed by atoms with E-state index in [4.69, 9.17) is 9.47 Å². The summed E-state index contributed by atoms with van der Waals surface area (Å²) in [5.74, 6) is 2.92. The first-order chi connectivity index (χ1) is 11.7. The predicted molar refractivity (Wildman–Crippen MR) is 93.8 cm³/mol. The van der Waals surface area contributed by atoms with Crippen molar-refractivity contribution in [2.75, 3.05) is 32.8 Å². The van der Waals surface area contributed by atoms with Gasteiger partial charge in [0.1, 0.15) is 13.2 Å². The number of hydrogen-bond donors (Lipinski definition) is 1. The van der Waals surface area contributed by atoms with Crippen LogP contribution in [0.4, 0.5) is 4.79 Å². The van der Waals surface area contributed by atoms with E-state index in [0.717, 1.165) is 36.9 Å². The van der Waals surface area contributed by atoms with Crippen LogP contribution in [-0.4, -0.2) is 43.8 Å². The second-order valence-corrected chi connectivity index (χ2v) is 6.54. The lowest BCUT2D eigenvalue weighted by molar-refractivity contribution is 0.171. The number of fused-ring (bicyclic) bond motifs is 1. The monoisotopic (exact) mass is 332 g/mol. The molecule has 0 spiro atoms. The molecular weight excluding hydrogens is 304 g/mol. The van der Waals surface area contributed by atoms with Crippen molar-refractivity contribution in [3.63, 3.8) is 0 Å². The first-order valence-corrected chi connectivity index (χ1v) is 9.15. The average Bonchev–Trinajstić information content (AvgIpc) is 3.44. The highest BCUT2D eigenvalue weighted by molar-refractivity contribution is 5.74. The van der Waals surface area contributed by atoms with E-state index in [-0.39, 0.29) is 6.03 Å². The van der Waals surface area contributed by atoms with Crippen LogP contribution in [-0.2, 0) is 0 Å². The molecule has 1 saturated carbocycles. The summed E-state index contributed by atoms with van der Waals surface area (Å²) < 4.78 is 11.3. The van der Waals surface area contributed by atoms with E-state index in [1.165, 1.54) is 18.4 Å². The number of carbonyl (C=O) groups is 1. The van der Waals surface area contributed by atoms with Crippen molar-refractivity contribution >= 4 is 6.03 Å². The molecule has 132 valence electrons. The molecule has 0 bridgehead atoms. The van der Waals surface area contributed by atoms with Crippen molar-refractivity contribution in [3.05, 3.63) is 23.8 Å². The number of nitrogens with zero attached hydrogens (tertiary/aromatic N) is 1. The summed E-state index contributed by atoms with van der Waals surface area (Å²) in [7, 11) is 0. The van der Waals surface area contributed by atoms with Crippen LogP contribution in [0.15, 0.2) is 18.2 Å². The van der Waals surface area contributed by atoms with Gasteiger partial charge in [0, 0.05) is 19.6 Å². The molecule has 1 aromatic rings. The minimum atomic E-state index is 0.0386. The molecule has 1 aromatic carbocycles. The molecule has 1 atom stereocenters. The summed E-state index contributed by atoms with van der Waals surface area (Å²) in [4.78, 5) is 13.9. The van der Waals surface area contributed by atoms with Crippen molar-refractivity contribution in [2.45, 2.75) is 39.0 Å². The van der Waals surface area contributed by atoms with Gasteiger partial charge >= 0.3 is 6.03 Å². The van der Waals surface area contributed by atoms with Crippen LogP contribution < -0.4 is 14.8 Å². The second kappa shape index (κ2) is 7.77. The molecule has 1 aliphatic heterocycles. The Hall–Kier alpha value is -1.91. The van der Waals surface area contributed by atoms with Gasteiger partial charge in [-0.2, -0.15) is 0 Å². The average molecular weight is 332 g/mol. The quantitative estimate of drug-likeness (QED) is 0.832. The maximum Gasteiger partial charge on any atom is 0.317 e. The number of nitrogens with one attached hydrogen (secondary N) is 1. The smallest absolute Gasteiger partial charge is 0.317 e. The van der Waals surface area contributed by atoms with Crippen molar-refractivity contribution < 1.29 is 14.3 Å². The van der Waals surface area contributed by atoms with Gasteiger partial charge in [0.2, 0.25) is 0 Å². The highest BCUT2D eigenvalue weighted by atomic mass is 16.6. The van der Waals surface area contributed by atoms with E-state index in [0.29, 0.717) is 25.7 Å². The summed E-state index contributed by atoms with van der Waals surface area (Å²) in [6.07, 6.45) is 3.53. The lowest BCUT2D eigenvalue weighted by atomic mass is 9.90. The van der Waals surface area contributed by atoms with Crippen molar-refractivity contribution in [1.29, 1.82) is 0 Å². The normalized spacial score (nSPS) is 17.2. The molecule has 5 nitrogen and oxygen atoms in total. The Balaban J connectivity index is 1.60. The zero-order chi connectivity index (χ0) is 16.9. The van der Waals surface area contributed by atoms with E-state index in [1.54, 1.807) is 0 Å². The van der Waals surface area contributed by atoms with Crippen LogP contribution in [0.25, 0.3) is 0 Å². The summed E-state index contributed by atoms with van der Waals surface area (Å²) in [6, 6.07) is 6.34. The number of rotatable bonds is 7. The molecule has 3 rings (SSSR count). The molecule has 1 heterocycles. The fourth-order valence-electron chi connectivity index (χ4n) is 3.42. The number of ether oxygens (including phenoxy) is 2. The van der Waals surface area contributed by atoms with E-state index in [9.17, 15) is 4.79 Å². The Morgan fingerprint density at radius 1 is 1.21 bits per heavy atom. The summed E-state index contributed by atoms with van der Waals surface area (Å²) in [5, 5.41) is 3.06. The Bertz CT molecular complexity index is 568. The zero-order valence-electron chi connectivity index (χ0n) is 14.7. The zero-order valence-corrected chi connectivity index (χ0v) is 14.7. The molecule has 0 aromatic heterocycles. The van der Waals surface area contributed by atoms with E-state index >= 15 is 0 Å². The Morgan fingerprint density at radius 3 is 2.58 bits per heavy atom. The standard InChI is InChI=1S/C19H28N2O3/c1-3-21(4-2)19(22)20-10-9-16(14-5-6-14)15-7-8-17-18(13-15)24-12-11-23-17/h7-8,13-14,16H,3-6,9-12H2,1-2H3,(H,20,22). The van der Waals surface area contributed by atoms with Crippen LogP contribution in [0.5, 0.6) is 11.5 Å². The van der Waals surface area contributed by atoms with Gasteiger partial charge in [-0.25, -0.2) is 4.79 Å². The highest BCUT2D eigenvalue weighted by Gasteiger charge is 2.32. The number of urea groups is 1. The molecule has 0 radical (unpaired) electrons. The number of carbonyl (C=O) groups excluding carboxylic acids is 1. The minimum absolute atomic E-state index is 0.0386. The Kier molecular flexibility index (Phi) is 5.48. The third-order valence-electron chi connectivity index (χ3n) is 4.97. The van der Waals surface area contributed by atoms with Crippen LogP contribution in [0.1, 0.15) is 44.6 Å². The van der Waals surface area contributed by atoms with Crippen LogP contribution >= 0.6 is 0 Å². The van der Waals surface area contributed by atoms with E-state index in [1.807, 2.05) is 24.8 Å². The Morgan fingerprint density at radius 2 is 1.92 bits per heavy atom. The largest absolute Gasteiger partial charge is 0.486 e. The third-order valence-corrected chi connectivity index (χ3v) is 4.97. The molecule has 24 heavy (non-hydrogen) atoms. The molecule has 1 aliphatic carbocycles. The third kappa shape index (κ3) is 3.94. The van der Waals surface area contributed by atoms with Gasteiger partial charge in [-0.05, 0) is 62.6 Å². The molecule has 0 saturated heterocycles. The van der Waals surface area contributed by atoms with E-state index < -0.39 is 0 Å². The predicted octanol–water partition coefficient (Wildman–Crippen LogP) is 3.39. The topological polar surface area (TPSA) is 50.8 Å². The lowest BCUT2D eigenvalue weighted by Gasteiger charge is -2.23. The van der Waals surface area contributed by atoms with Gasteiger partial charge in [0.25, 0.3) is 0 Å².